The van der Waals surface area contributed by atoms with Crippen LogP contribution < -0.4 is 9.47 Å². The molecule has 0 aromatic heterocycles. The number of hydrogen-bond donors (Lipinski definition) is 0. The van der Waals surface area contributed by atoms with E-state index in [1.807, 2.05) is 68.1 Å². The molecule has 4 nitrogen and oxygen atoms in total. The molecule has 1 saturated carbocycles. The first kappa shape index (κ1) is 18.9. The Morgan fingerprint density at radius 2 is 1.57 bits per heavy atom. The number of amides is 1. The summed E-state index contributed by atoms with van der Waals surface area (Å²) in [5, 5.41) is 0. The zero-order valence-corrected chi connectivity index (χ0v) is 17.0. The lowest BCUT2D eigenvalue weighted by molar-refractivity contribution is -0.133. The molecule has 1 aliphatic heterocycles. The highest BCUT2D eigenvalue weighted by atomic mass is 16.5. The summed E-state index contributed by atoms with van der Waals surface area (Å²) in [4.78, 5) is 15.4. The third-order valence-electron chi connectivity index (χ3n) is 5.49. The fourth-order valence-electron chi connectivity index (χ4n) is 4.07. The molecule has 148 valence electrons. The Morgan fingerprint density at radius 1 is 0.964 bits per heavy atom. The zero-order valence-electron chi connectivity index (χ0n) is 17.0. The number of likely N-dealkylation sites (tertiary alicyclic amines) is 1. The van der Waals surface area contributed by atoms with Crippen molar-refractivity contribution in [2.24, 2.45) is 0 Å². The largest absolute Gasteiger partial charge is 0.489 e. The minimum Gasteiger partial charge on any atom is -0.489 e. The van der Waals surface area contributed by atoms with Gasteiger partial charge < -0.3 is 14.4 Å². The summed E-state index contributed by atoms with van der Waals surface area (Å²) in [5.74, 6) is 1.81. The van der Waals surface area contributed by atoms with Crippen LogP contribution in [0.2, 0.25) is 0 Å². The smallest absolute Gasteiger partial charge is 0.237 e. The highest BCUT2D eigenvalue weighted by molar-refractivity contribution is 5.93. The lowest BCUT2D eigenvalue weighted by Crippen LogP contribution is -2.40. The third-order valence-corrected chi connectivity index (χ3v) is 5.49. The summed E-state index contributed by atoms with van der Waals surface area (Å²) in [7, 11) is 0. The maximum absolute atomic E-state index is 13.4. The first-order valence-electron chi connectivity index (χ1n) is 10.2. The van der Waals surface area contributed by atoms with Crippen molar-refractivity contribution in [2.45, 2.75) is 57.2 Å². The van der Waals surface area contributed by atoms with Crippen LogP contribution in [0, 0.1) is 0 Å². The molecule has 2 aromatic carbocycles. The van der Waals surface area contributed by atoms with E-state index in [2.05, 4.69) is 12.1 Å². The van der Waals surface area contributed by atoms with Crippen molar-refractivity contribution in [3.8, 4) is 11.5 Å². The van der Waals surface area contributed by atoms with Crippen LogP contribution in [0.5, 0.6) is 11.5 Å². The monoisotopic (exact) mass is 379 g/mol. The van der Waals surface area contributed by atoms with Crippen molar-refractivity contribution in [2.75, 3.05) is 13.1 Å². The van der Waals surface area contributed by atoms with E-state index in [0.29, 0.717) is 0 Å². The molecule has 2 aliphatic rings. The third kappa shape index (κ3) is 3.73. The minimum absolute atomic E-state index is 0.127. The first-order valence-corrected chi connectivity index (χ1v) is 10.2. The Balaban J connectivity index is 1.52. The molecule has 28 heavy (non-hydrogen) atoms. The average Bonchev–Trinajstić information content (AvgIpc) is 3.12. The standard InChI is InChI=1S/C24H29NO3/c1-23(2,3)28-20-13-11-19(12-14-20)27-21-17-24(21,18-9-5-4-6-10-18)22(26)25-15-7-8-16-25/h4-6,9-14,21H,7-8,15-17H2,1-3H3/t21-,24-/m0/s1. The molecule has 1 saturated heterocycles. The number of carbonyl (C=O) groups excluding carboxylic acids is 1. The zero-order chi connectivity index (χ0) is 19.8. The van der Waals surface area contributed by atoms with Crippen LogP contribution in [-0.4, -0.2) is 35.6 Å². The summed E-state index contributed by atoms with van der Waals surface area (Å²) >= 11 is 0. The molecule has 4 heteroatoms. The van der Waals surface area contributed by atoms with Crippen molar-refractivity contribution in [3.05, 3.63) is 60.2 Å². The molecule has 2 atom stereocenters. The molecule has 2 fully saturated rings. The van der Waals surface area contributed by atoms with Crippen LogP contribution in [0.15, 0.2) is 54.6 Å². The molecule has 4 rings (SSSR count). The van der Waals surface area contributed by atoms with Gasteiger partial charge in [-0.2, -0.15) is 0 Å². The van der Waals surface area contributed by atoms with Crippen LogP contribution in [-0.2, 0) is 10.2 Å². The van der Waals surface area contributed by atoms with E-state index < -0.39 is 5.41 Å². The summed E-state index contributed by atoms with van der Waals surface area (Å²) in [6, 6.07) is 17.8. The number of carbonyl (C=O) groups is 1. The van der Waals surface area contributed by atoms with Crippen LogP contribution in [0.4, 0.5) is 0 Å². The summed E-state index contributed by atoms with van der Waals surface area (Å²) in [6.45, 7) is 7.80. The summed E-state index contributed by atoms with van der Waals surface area (Å²) in [5.41, 5.74) is 0.278. The summed E-state index contributed by atoms with van der Waals surface area (Å²) < 4.78 is 12.1. The van der Waals surface area contributed by atoms with Gasteiger partial charge in [0, 0.05) is 19.5 Å². The number of hydrogen-bond acceptors (Lipinski definition) is 3. The fraction of sp³-hybridized carbons (Fsp3) is 0.458. The van der Waals surface area contributed by atoms with Crippen molar-refractivity contribution in [1.29, 1.82) is 0 Å². The van der Waals surface area contributed by atoms with Crippen molar-refractivity contribution < 1.29 is 14.3 Å². The van der Waals surface area contributed by atoms with Crippen molar-refractivity contribution in [1.82, 2.24) is 4.90 Å². The van der Waals surface area contributed by atoms with Gasteiger partial charge in [-0.3, -0.25) is 4.79 Å². The molecule has 0 spiro atoms. The number of nitrogens with zero attached hydrogens (tertiary/aromatic N) is 1. The van der Waals surface area contributed by atoms with E-state index >= 15 is 0 Å². The van der Waals surface area contributed by atoms with Gasteiger partial charge in [-0.05, 0) is 63.4 Å². The van der Waals surface area contributed by atoms with E-state index in [-0.39, 0.29) is 17.6 Å². The molecular weight excluding hydrogens is 350 g/mol. The molecule has 1 aliphatic carbocycles. The Kier molecular flexibility index (Phi) is 4.82. The van der Waals surface area contributed by atoms with Gasteiger partial charge in [0.05, 0.1) is 0 Å². The van der Waals surface area contributed by atoms with Crippen LogP contribution in [0.25, 0.3) is 0 Å². The van der Waals surface area contributed by atoms with Gasteiger partial charge in [-0.1, -0.05) is 30.3 Å². The maximum Gasteiger partial charge on any atom is 0.237 e. The van der Waals surface area contributed by atoms with Crippen LogP contribution in [0.3, 0.4) is 0 Å². The molecule has 0 radical (unpaired) electrons. The molecule has 1 amide bonds. The van der Waals surface area contributed by atoms with Gasteiger partial charge in [0.1, 0.15) is 28.6 Å². The van der Waals surface area contributed by atoms with Crippen molar-refractivity contribution in [3.63, 3.8) is 0 Å². The highest BCUT2D eigenvalue weighted by Crippen LogP contribution is 2.52. The number of benzene rings is 2. The SMILES string of the molecule is CC(C)(C)Oc1ccc(O[C@H]2C[C@]2(C(=O)N2CCCC2)c2ccccc2)cc1. The summed E-state index contributed by atoms with van der Waals surface area (Å²) in [6.07, 6.45) is 2.79. The second-order valence-corrected chi connectivity index (χ2v) is 8.83. The van der Waals surface area contributed by atoms with E-state index in [1.54, 1.807) is 0 Å². The van der Waals surface area contributed by atoms with Gasteiger partial charge in [-0.25, -0.2) is 0 Å². The minimum atomic E-state index is -0.549. The van der Waals surface area contributed by atoms with Gasteiger partial charge in [0.2, 0.25) is 5.91 Å². The topological polar surface area (TPSA) is 38.8 Å². The molecule has 2 aromatic rings. The first-order chi connectivity index (χ1) is 13.4. The van der Waals surface area contributed by atoms with Gasteiger partial charge in [0.25, 0.3) is 0 Å². The lowest BCUT2D eigenvalue weighted by atomic mass is 9.94. The second-order valence-electron chi connectivity index (χ2n) is 8.83. The van der Waals surface area contributed by atoms with E-state index in [0.717, 1.165) is 49.4 Å². The Hall–Kier alpha value is -2.49. The normalized spacial score (nSPS) is 24.1. The highest BCUT2D eigenvalue weighted by Gasteiger charge is 2.64. The Labute approximate surface area is 167 Å². The van der Waals surface area contributed by atoms with E-state index in [4.69, 9.17) is 9.47 Å². The quantitative estimate of drug-likeness (QED) is 0.763. The molecule has 1 heterocycles. The Morgan fingerprint density at radius 3 is 2.18 bits per heavy atom. The lowest BCUT2D eigenvalue weighted by Gasteiger charge is -2.24. The van der Waals surface area contributed by atoms with E-state index in [1.165, 1.54) is 0 Å². The fourth-order valence-corrected chi connectivity index (χ4v) is 4.07. The van der Waals surface area contributed by atoms with Crippen LogP contribution >= 0.6 is 0 Å². The van der Waals surface area contributed by atoms with Crippen LogP contribution in [0.1, 0.15) is 45.6 Å². The van der Waals surface area contributed by atoms with Gasteiger partial charge >= 0.3 is 0 Å². The predicted octanol–water partition coefficient (Wildman–Crippen LogP) is 4.58. The molecular formula is C24H29NO3. The number of rotatable bonds is 5. The van der Waals surface area contributed by atoms with Gasteiger partial charge in [-0.15, -0.1) is 0 Å². The molecule has 0 N–H and O–H groups in total. The average molecular weight is 380 g/mol. The molecule has 0 unspecified atom stereocenters. The van der Waals surface area contributed by atoms with Crippen molar-refractivity contribution >= 4 is 5.91 Å². The predicted molar refractivity (Wildman–Crippen MR) is 110 cm³/mol. The maximum atomic E-state index is 13.4. The second kappa shape index (κ2) is 7.16. The number of ether oxygens (including phenoxy) is 2. The Bertz CT molecular complexity index is 819. The molecule has 0 bridgehead atoms. The van der Waals surface area contributed by atoms with E-state index in [9.17, 15) is 4.79 Å². The van der Waals surface area contributed by atoms with Gasteiger partial charge in [0.15, 0.2) is 0 Å².